The van der Waals surface area contributed by atoms with Crippen LogP contribution in [0.3, 0.4) is 0 Å². The lowest BCUT2D eigenvalue weighted by molar-refractivity contribution is 0.1000. The molecule has 0 heterocycles. The van der Waals surface area contributed by atoms with Crippen LogP contribution in [0.5, 0.6) is 0 Å². The average molecular weight is 177 g/mol. The van der Waals surface area contributed by atoms with E-state index in [1.165, 1.54) is 0 Å². The van der Waals surface area contributed by atoms with Crippen LogP contribution in [0.15, 0.2) is 18.2 Å². The molecule has 0 saturated heterocycles. The molecule has 1 amide bonds. The normalized spacial score (nSPS) is 9.69. The Kier molecular flexibility index (Phi) is 2.90. The fourth-order valence-corrected chi connectivity index (χ4v) is 1.27. The summed E-state index contributed by atoms with van der Waals surface area (Å²) in [5, 5.41) is 4.19. The van der Waals surface area contributed by atoms with Gasteiger partial charge in [-0.05, 0) is 25.5 Å². The number of nitrogens with two attached hydrogens (primary N) is 1. The zero-order chi connectivity index (χ0) is 9.84. The van der Waals surface area contributed by atoms with E-state index < -0.39 is 5.91 Å². The average Bonchev–Trinajstić information content (AvgIpc) is 2.04. The van der Waals surface area contributed by atoms with Crippen molar-refractivity contribution < 1.29 is 4.79 Å². The zero-order valence-electron chi connectivity index (χ0n) is 7.87. The number of primary amides is 1. The van der Waals surface area contributed by atoms with Gasteiger partial charge in [0.2, 0.25) is 0 Å². The molecular weight excluding hydrogens is 164 g/mol. The van der Waals surface area contributed by atoms with Crippen LogP contribution < -0.4 is 11.1 Å². The van der Waals surface area contributed by atoms with Gasteiger partial charge in [-0.2, -0.15) is 0 Å². The first-order chi connectivity index (χ1) is 6.16. The van der Waals surface area contributed by atoms with E-state index >= 15 is 0 Å². The third-order valence-corrected chi connectivity index (χ3v) is 1.83. The number of nitrogens with zero attached hydrogens (tertiary/aromatic N) is 1. The lowest BCUT2D eigenvalue weighted by atomic mass is 10.1. The van der Waals surface area contributed by atoms with Crippen LogP contribution in [-0.4, -0.2) is 12.5 Å². The van der Waals surface area contributed by atoms with E-state index in [1.807, 2.05) is 26.0 Å². The summed E-state index contributed by atoms with van der Waals surface area (Å²) in [7, 11) is 0. The van der Waals surface area contributed by atoms with E-state index in [4.69, 9.17) is 5.73 Å². The molecule has 0 aliphatic heterocycles. The highest BCUT2D eigenvalue weighted by Crippen LogP contribution is 2.18. The van der Waals surface area contributed by atoms with Gasteiger partial charge in [-0.15, -0.1) is 0 Å². The van der Waals surface area contributed by atoms with E-state index in [2.05, 4.69) is 5.32 Å². The maximum atomic E-state index is 11.1. The summed E-state index contributed by atoms with van der Waals surface area (Å²) in [5.41, 5.74) is 7.35. The maximum absolute atomic E-state index is 11.1. The number of hydrogen-bond acceptors (Lipinski definition) is 1. The smallest absolute Gasteiger partial charge is 0.251 e. The van der Waals surface area contributed by atoms with Gasteiger partial charge >= 0.3 is 0 Å². The monoisotopic (exact) mass is 177 g/mol. The van der Waals surface area contributed by atoms with E-state index in [1.54, 1.807) is 6.07 Å². The Bertz CT molecular complexity index is 321. The summed E-state index contributed by atoms with van der Waals surface area (Å²) in [5.74, 6) is -0.412. The molecule has 0 aromatic heterocycles. The van der Waals surface area contributed by atoms with Crippen LogP contribution >= 0.6 is 0 Å². The highest BCUT2D eigenvalue weighted by molar-refractivity contribution is 5.99. The lowest BCUT2D eigenvalue weighted by Gasteiger charge is -2.07. The molecule has 0 unspecified atom stereocenters. The van der Waals surface area contributed by atoms with E-state index in [0.717, 1.165) is 5.56 Å². The van der Waals surface area contributed by atoms with Gasteiger partial charge in [0.25, 0.3) is 5.91 Å². The van der Waals surface area contributed by atoms with Crippen molar-refractivity contribution in [2.45, 2.75) is 13.8 Å². The zero-order valence-corrected chi connectivity index (χ0v) is 7.87. The van der Waals surface area contributed by atoms with Gasteiger partial charge in [-0.1, -0.05) is 12.1 Å². The second-order valence-electron chi connectivity index (χ2n) is 2.81. The molecule has 1 rings (SSSR count). The Morgan fingerprint density at radius 1 is 1.54 bits per heavy atom. The van der Waals surface area contributed by atoms with Gasteiger partial charge in [0.05, 0.1) is 11.3 Å². The first-order valence-electron chi connectivity index (χ1n) is 4.23. The molecule has 13 heavy (non-hydrogen) atoms. The molecular formula is C10H13N2O. The SMILES string of the molecule is CC[N]c1cccc(C)c1C(N)=O. The van der Waals surface area contributed by atoms with E-state index in [9.17, 15) is 4.79 Å². The van der Waals surface area contributed by atoms with Crippen molar-refractivity contribution in [3.05, 3.63) is 29.3 Å². The Balaban J connectivity index is 3.17. The second kappa shape index (κ2) is 3.94. The minimum absolute atomic E-state index is 0.412. The Morgan fingerprint density at radius 2 is 2.23 bits per heavy atom. The van der Waals surface area contributed by atoms with Gasteiger partial charge in [0.15, 0.2) is 0 Å². The van der Waals surface area contributed by atoms with Gasteiger partial charge in [-0.25, -0.2) is 0 Å². The Hall–Kier alpha value is -1.51. The first kappa shape index (κ1) is 9.58. The highest BCUT2D eigenvalue weighted by atomic mass is 16.1. The molecule has 0 spiro atoms. The quantitative estimate of drug-likeness (QED) is 0.744. The summed E-state index contributed by atoms with van der Waals surface area (Å²) in [6.07, 6.45) is 0. The van der Waals surface area contributed by atoms with Crippen LogP contribution in [0.25, 0.3) is 0 Å². The summed E-state index contributed by atoms with van der Waals surface area (Å²) < 4.78 is 0. The number of amides is 1. The first-order valence-corrected chi connectivity index (χ1v) is 4.23. The largest absolute Gasteiger partial charge is 0.366 e. The molecule has 0 saturated carbocycles. The highest BCUT2D eigenvalue weighted by Gasteiger charge is 2.10. The standard InChI is InChI=1S/C10H13N2O/c1-3-12-8-6-4-5-7(2)9(8)10(11)13/h4-6H,3H2,1-2H3,(H2,11,13). The number of carbonyl (C=O) groups excluding carboxylic acids is 1. The number of hydrogen-bond donors (Lipinski definition) is 1. The Labute approximate surface area is 77.9 Å². The van der Waals surface area contributed by atoms with Crippen molar-refractivity contribution in [1.29, 1.82) is 0 Å². The molecule has 3 heteroatoms. The van der Waals surface area contributed by atoms with Crippen LogP contribution in [0.1, 0.15) is 22.8 Å². The van der Waals surface area contributed by atoms with Crippen LogP contribution in [-0.2, 0) is 0 Å². The minimum atomic E-state index is -0.412. The summed E-state index contributed by atoms with van der Waals surface area (Å²) in [6.45, 7) is 4.44. The molecule has 3 nitrogen and oxygen atoms in total. The third kappa shape index (κ3) is 1.99. The predicted molar refractivity (Wildman–Crippen MR) is 52.0 cm³/mol. The van der Waals surface area contributed by atoms with Crippen LogP contribution in [0.2, 0.25) is 0 Å². The summed E-state index contributed by atoms with van der Waals surface area (Å²) in [4.78, 5) is 11.1. The van der Waals surface area contributed by atoms with Gasteiger partial charge < -0.3 is 5.73 Å². The van der Waals surface area contributed by atoms with Gasteiger partial charge in [0, 0.05) is 6.54 Å². The Morgan fingerprint density at radius 3 is 2.77 bits per heavy atom. The molecule has 2 N–H and O–H groups in total. The van der Waals surface area contributed by atoms with Crippen molar-refractivity contribution in [2.75, 3.05) is 6.54 Å². The molecule has 69 valence electrons. The van der Waals surface area contributed by atoms with Crippen LogP contribution in [0.4, 0.5) is 5.69 Å². The molecule has 1 radical (unpaired) electrons. The summed E-state index contributed by atoms with van der Waals surface area (Å²) >= 11 is 0. The fourth-order valence-electron chi connectivity index (χ4n) is 1.27. The minimum Gasteiger partial charge on any atom is -0.366 e. The van der Waals surface area contributed by atoms with Crippen molar-refractivity contribution in [3.63, 3.8) is 0 Å². The van der Waals surface area contributed by atoms with Gasteiger partial charge in [-0.3, -0.25) is 10.1 Å². The van der Waals surface area contributed by atoms with Crippen molar-refractivity contribution >= 4 is 11.6 Å². The molecule has 0 fully saturated rings. The van der Waals surface area contributed by atoms with E-state index in [0.29, 0.717) is 17.8 Å². The van der Waals surface area contributed by atoms with Crippen molar-refractivity contribution in [3.8, 4) is 0 Å². The molecule has 0 aliphatic carbocycles. The van der Waals surface area contributed by atoms with Crippen molar-refractivity contribution in [2.24, 2.45) is 5.73 Å². The molecule has 0 bridgehead atoms. The molecule has 0 atom stereocenters. The number of aryl methyl sites for hydroxylation is 1. The third-order valence-electron chi connectivity index (χ3n) is 1.83. The lowest BCUT2D eigenvalue weighted by Crippen LogP contribution is -2.15. The maximum Gasteiger partial charge on any atom is 0.251 e. The van der Waals surface area contributed by atoms with Crippen molar-refractivity contribution in [1.82, 2.24) is 5.32 Å². The number of rotatable bonds is 3. The summed E-state index contributed by atoms with van der Waals surface area (Å²) in [6, 6.07) is 5.53. The molecule has 1 aromatic rings. The number of carbonyl (C=O) groups is 1. The second-order valence-corrected chi connectivity index (χ2v) is 2.81. The van der Waals surface area contributed by atoms with Gasteiger partial charge in [0.1, 0.15) is 0 Å². The van der Waals surface area contributed by atoms with E-state index in [-0.39, 0.29) is 0 Å². The molecule has 0 aliphatic rings. The van der Waals surface area contributed by atoms with Crippen LogP contribution in [0, 0.1) is 6.92 Å². The molecule has 1 aromatic carbocycles. The fraction of sp³-hybridized carbons (Fsp3) is 0.300. The number of benzene rings is 1. The topological polar surface area (TPSA) is 57.2 Å². The predicted octanol–water partition coefficient (Wildman–Crippen LogP) is 1.35.